The van der Waals surface area contributed by atoms with Crippen LogP contribution >= 0.6 is 11.6 Å². The number of benzene rings is 1. The van der Waals surface area contributed by atoms with Gasteiger partial charge in [0.1, 0.15) is 6.07 Å². The number of ketones is 1. The number of halogens is 1. The number of carbonyl (C=O) groups excluding carboxylic acids is 1. The van der Waals surface area contributed by atoms with Crippen LogP contribution in [0.5, 0.6) is 0 Å². The van der Waals surface area contributed by atoms with Gasteiger partial charge in [0.05, 0.1) is 11.3 Å². The molecule has 3 nitrogen and oxygen atoms in total. The summed E-state index contributed by atoms with van der Waals surface area (Å²) >= 11 is 5.45. The average molecular weight is 209 g/mol. The van der Waals surface area contributed by atoms with E-state index in [1.165, 1.54) is 0 Å². The predicted molar refractivity (Wildman–Crippen MR) is 55.2 cm³/mol. The highest BCUT2D eigenvalue weighted by atomic mass is 35.5. The molecule has 0 fully saturated rings. The van der Waals surface area contributed by atoms with E-state index in [1.807, 2.05) is 6.07 Å². The summed E-state index contributed by atoms with van der Waals surface area (Å²) in [6.45, 7) is 0. The summed E-state index contributed by atoms with van der Waals surface area (Å²) in [6, 6.07) is 6.75. The van der Waals surface area contributed by atoms with Crippen molar-refractivity contribution in [3.63, 3.8) is 0 Å². The molecule has 0 saturated heterocycles. The van der Waals surface area contributed by atoms with Gasteiger partial charge in [-0.15, -0.1) is 11.6 Å². The van der Waals surface area contributed by atoms with Gasteiger partial charge >= 0.3 is 0 Å². The minimum absolute atomic E-state index is 0.149. The molecule has 14 heavy (non-hydrogen) atoms. The fraction of sp³-hybridized carbons (Fsp3) is 0.200. The van der Waals surface area contributed by atoms with E-state index >= 15 is 0 Å². The standard InChI is InChI=1S/C10H9ClN2O/c11-5-4-10(14)7-2-1-3-9(13)8(7)6-12/h1-3H,4-5,13H2. The Morgan fingerprint density at radius 3 is 2.86 bits per heavy atom. The van der Waals surface area contributed by atoms with E-state index in [9.17, 15) is 4.79 Å². The first-order valence-electron chi connectivity index (χ1n) is 4.08. The van der Waals surface area contributed by atoms with Crippen molar-refractivity contribution in [3.05, 3.63) is 29.3 Å². The third-order valence-electron chi connectivity index (χ3n) is 1.83. The molecule has 1 rings (SSSR count). The molecule has 1 aromatic carbocycles. The third-order valence-corrected chi connectivity index (χ3v) is 2.02. The molecule has 0 spiro atoms. The number of nitrogens with two attached hydrogens (primary N) is 1. The molecular weight excluding hydrogens is 200 g/mol. The van der Waals surface area contributed by atoms with Gasteiger partial charge in [0.2, 0.25) is 0 Å². The predicted octanol–water partition coefficient (Wildman–Crippen LogP) is 1.95. The highest BCUT2D eigenvalue weighted by Gasteiger charge is 2.12. The smallest absolute Gasteiger partial charge is 0.165 e. The van der Waals surface area contributed by atoms with Crippen LogP contribution < -0.4 is 5.73 Å². The fourth-order valence-corrected chi connectivity index (χ4v) is 1.32. The molecular formula is C10H9ClN2O. The van der Waals surface area contributed by atoms with Gasteiger partial charge in [-0.2, -0.15) is 5.26 Å². The van der Waals surface area contributed by atoms with E-state index in [4.69, 9.17) is 22.6 Å². The second kappa shape index (κ2) is 4.64. The summed E-state index contributed by atoms with van der Waals surface area (Å²) in [5, 5.41) is 8.80. The molecule has 0 aliphatic rings. The Bertz CT molecular complexity index is 396. The van der Waals surface area contributed by atoms with Gasteiger partial charge in [0, 0.05) is 17.9 Å². The third kappa shape index (κ3) is 2.04. The van der Waals surface area contributed by atoms with Crippen LogP contribution in [0.1, 0.15) is 22.3 Å². The zero-order valence-electron chi connectivity index (χ0n) is 7.46. The number of carbonyl (C=O) groups is 1. The van der Waals surface area contributed by atoms with Crippen molar-refractivity contribution < 1.29 is 4.79 Å². The van der Waals surface area contributed by atoms with Crippen molar-refractivity contribution in [3.8, 4) is 6.07 Å². The topological polar surface area (TPSA) is 66.9 Å². The Hall–Kier alpha value is -1.53. The van der Waals surface area contributed by atoms with Crippen LogP contribution in [0.3, 0.4) is 0 Å². The molecule has 0 unspecified atom stereocenters. The first kappa shape index (κ1) is 10.6. The zero-order valence-corrected chi connectivity index (χ0v) is 8.21. The van der Waals surface area contributed by atoms with Crippen LogP contribution in [-0.2, 0) is 0 Å². The minimum Gasteiger partial charge on any atom is -0.398 e. The van der Waals surface area contributed by atoms with Crippen LogP contribution in [0.2, 0.25) is 0 Å². The van der Waals surface area contributed by atoms with Crippen molar-refractivity contribution in [1.29, 1.82) is 5.26 Å². The molecule has 4 heteroatoms. The lowest BCUT2D eigenvalue weighted by molar-refractivity contribution is 0.0989. The Labute approximate surface area is 87.1 Å². The van der Waals surface area contributed by atoms with E-state index in [0.29, 0.717) is 11.3 Å². The minimum atomic E-state index is -0.149. The largest absolute Gasteiger partial charge is 0.398 e. The molecule has 0 heterocycles. The van der Waals surface area contributed by atoms with E-state index in [1.54, 1.807) is 18.2 Å². The number of rotatable bonds is 3. The van der Waals surface area contributed by atoms with E-state index in [2.05, 4.69) is 0 Å². The Morgan fingerprint density at radius 1 is 1.57 bits per heavy atom. The molecule has 0 atom stereocenters. The van der Waals surface area contributed by atoms with Crippen molar-refractivity contribution in [2.75, 3.05) is 11.6 Å². The second-order valence-electron chi connectivity index (χ2n) is 2.74. The molecule has 0 amide bonds. The average Bonchev–Trinajstić information content (AvgIpc) is 2.17. The number of hydrogen-bond acceptors (Lipinski definition) is 3. The quantitative estimate of drug-likeness (QED) is 0.469. The number of nitrogen functional groups attached to an aromatic ring is 1. The van der Waals surface area contributed by atoms with Gasteiger partial charge in [-0.05, 0) is 12.1 Å². The van der Waals surface area contributed by atoms with Gasteiger partial charge in [0.25, 0.3) is 0 Å². The molecule has 0 bridgehead atoms. The van der Waals surface area contributed by atoms with Crippen LogP contribution in [0.15, 0.2) is 18.2 Å². The van der Waals surface area contributed by atoms with Gasteiger partial charge in [-0.1, -0.05) is 6.07 Å². The lowest BCUT2D eigenvalue weighted by Gasteiger charge is -2.03. The maximum atomic E-state index is 11.5. The van der Waals surface area contributed by atoms with Crippen LogP contribution in [0.4, 0.5) is 5.69 Å². The van der Waals surface area contributed by atoms with Crippen LogP contribution in [0, 0.1) is 11.3 Å². The summed E-state index contributed by atoms with van der Waals surface area (Å²) in [6.07, 6.45) is 0.222. The lowest BCUT2D eigenvalue weighted by atomic mass is 10.0. The summed E-state index contributed by atoms with van der Waals surface area (Å²) < 4.78 is 0. The van der Waals surface area contributed by atoms with Gasteiger partial charge in [-0.25, -0.2) is 0 Å². The van der Waals surface area contributed by atoms with E-state index < -0.39 is 0 Å². The maximum Gasteiger partial charge on any atom is 0.165 e. The summed E-state index contributed by atoms with van der Waals surface area (Å²) in [4.78, 5) is 11.5. The number of Topliss-reactive ketones (excluding diaryl/α,β-unsaturated/α-hetero) is 1. The van der Waals surface area contributed by atoms with Gasteiger partial charge in [-0.3, -0.25) is 4.79 Å². The van der Waals surface area contributed by atoms with Gasteiger partial charge < -0.3 is 5.73 Å². The Kier molecular flexibility index (Phi) is 3.49. The second-order valence-corrected chi connectivity index (χ2v) is 3.12. The summed E-state index contributed by atoms with van der Waals surface area (Å²) in [5.74, 6) is 0.0993. The molecule has 1 aromatic rings. The number of anilines is 1. The number of alkyl halides is 1. The maximum absolute atomic E-state index is 11.5. The van der Waals surface area contributed by atoms with Crippen LogP contribution in [0.25, 0.3) is 0 Å². The highest BCUT2D eigenvalue weighted by Crippen LogP contribution is 2.17. The van der Waals surface area contributed by atoms with Crippen molar-refractivity contribution in [1.82, 2.24) is 0 Å². The Balaban J connectivity index is 3.15. The van der Waals surface area contributed by atoms with Gasteiger partial charge in [0.15, 0.2) is 5.78 Å². The SMILES string of the molecule is N#Cc1c(N)cccc1C(=O)CCCl. The fourth-order valence-electron chi connectivity index (χ4n) is 1.15. The van der Waals surface area contributed by atoms with Crippen molar-refractivity contribution in [2.45, 2.75) is 6.42 Å². The zero-order chi connectivity index (χ0) is 10.6. The van der Waals surface area contributed by atoms with E-state index in [0.717, 1.165) is 0 Å². The highest BCUT2D eigenvalue weighted by molar-refractivity contribution is 6.19. The molecule has 0 aliphatic carbocycles. The molecule has 72 valence electrons. The number of hydrogen-bond donors (Lipinski definition) is 1. The normalized spacial score (nSPS) is 9.43. The van der Waals surface area contributed by atoms with E-state index in [-0.39, 0.29) is 23.6 Å². The number of nitriles is 1. The molecule has 0 saturated carbocycles. The lowest BCUT2D eigenvalue weighted by Crippen LogP contribution is -2.05. The summed E-state index contributed by atoms with van der Waals surface area (Å²) in [5.41, 5.74) is 6.48. The number of nitrogens with zero attached hydrogens (tertiary/aromatic N) is 1. The first-order valence-corrected chi connectivity index (χ1v) is 4.62. The van der Waals surface area contributed by atoms with Crippen molar-refractivity contribution in [2.24, 2.45) is 0 Å². The molecule has 0 radical (unpaired) electrons. The molecule has 0 aromatic heterocycles. The molecule has 0 aliphatic heterocycles. The van der Waals surface area contributed by atoms with Crippen LogP contribution in [-0.4, -0.2) is 11.7 Å². The first-order chi connectivity index (χ1) is 6.70. The summed E-state index contributed by atoms with van der Waals surface area (Å²) in [7, 11) is 0. The monoisotopic (exact) mass is 208 g/mol. The van der Waals surface area contributed by atoms with Crippen molar-refractivity contribution >= 4 is 23.1 Å². The Morgan fingerprint density at radius 2 is 2.29 bits per heavy atom. The molecule has 2 N–H and O–H groups in total.